The lowest BCUT2D eigenvalue weighted by Gasteiger charge is -2.15. The minimum absolute atomic E-state index is 0.0159. The number of hydrogen-bond donors (Lipinski definition) is 1. The van der Waals surface area contributed by atoms with Crippen LogP contribution in [0.3, 0.4) is 0 Å². The van der Waals surface area contributed by atoms with Crippen LogP contribution in [0.2, 0.25) is 0 Å². The van der Waals surface area contributed by atoms with Gasteiger partial charge in [0.25, 0.3) is 5.22 Å². The largest absolute Gasteiger partial charge is 0.431 e. The molecule has 11 heteroatoms. The van der Waals surface area contributed by atoms with Gasteiger partial charge in [0.05, 0.1) is 5.69 Å². The van der Waals surface area contributed by atoms with Crippen LogP contribution in [0.4, 0.5) is 18.9 Å². The van der Waals surface area contributed by atoms with E-state index in [0.29, 0.717) is 12.2 Å². The number of benzene rings is 1. The molecule has 3 rings (SSSR count). The number of nitrogens with one attached hydrogen (secondary N) is 1. The number of aryl methyl sites for hydroxylation is 1. The van der Waals surface area contributed by atoms with E-state index in [2.05, 4.69) is 29.1 Å². The van der Waals surface area contributed by atoms with Gasteiger partial charge in [0.2, 0.25) is 5.91 Å². The van der Waals surface area contributed by atoms with Crippen LogP contribution in [0, 0.1) is 6.92 Å². The number of anilines is 1. The summed E-state index contributed by atoms with van der Waals surface area (Å²) in [5.74, 6) is 2.46. The minimum Gasteiger partial charge on any atom is -0.431 e. The highest BCUT2D eigenvalue weighted by Crippen LogP contribution is 2.37. The second kappa shape index (κ2) is 13.6. The molecule has 3 aromatic rings. The molecule has 0 bridgehead atoms. The molecule has 0 unspecified atom stereocenters. The number of aromatic nitrogens is 2. The number of pyridine rings is 1. The molecule has 0 saturated heterocycles. The van der Waals surface area contributed by atoms with Crippen molar-refractivity contribution in [3.05, 3.63) is 35.5 Å². The van der Waals surface area contributed by atoms with Crippen molar-refractivity contribution in [1.82, 2.24) is 9.97 Å². The Balaban J connectivity index is 1.42. The Labute approximate surface area is 222 Å². The average Bonchev–Trinajstić information content (AvgIpc) is 3.23. The molecule has 0 aliphatic rings. The van der Waals surface area contributed by atoms with Gasteiger partial charge in [-0.05, 0) is 49.5 Å². The monoisotopic (exact) mass is 557 g/mol. The van der Waals surface area contributed by atoms with Crippen molar-refractivity contribution in [2.24, 2.45) is 0 Å². The number of hydrogen-bond acceptors (Lipinski definition) is 7. The minimum atomic E-state index is -4.48. The fourth-order valence-corrected chi connectivity index (χ4v) is 6.09. The van der Waals surface area contributed by atoms with Gasteiger partial charge in [0.15, 0.2) is 5.58 Å². The average molecular weight is 558 g/mol. The van der Waals surface area contributed by atoms with E-state index in [1.165, 1.54) is 23.9 Å². The van der Waals surface area contributed by atoms with Crippen LogP contribution in [0.15, 0.2) is 43.8 Å². The number of thioether (sulfide) groups is 3. The van der Waals surface area contributed by atoms with E-state index in [-0.39, 0.29) is 22.2 Å². The lowest BCUT2D eigenvalue weighted by molar-refractivity contribution is -0.136. The number of nitrogens with zero attached hydrogens (tertiary/aromatic N) is 2. The molecule has 1 amide bonds. The first-order chi connectivity index (χ1) is 17.2. The quantitative estimate of drug-likeness (QED) is 0.167. The fraction of sp³-hybridized carbons (Fsp3) is 0.480. The van der Waals surface area contributed by atoms with E-state index >= 15 is 0 Å². The highest BCUT2D eigenvalue weighted by Gasteiger charge is 2.34. The first kappa shape index (κ1) is 28.7. The molecular weight excluding hydrogens is 527 g/mol. The van der Waals surface area contributed by atoms with Gasteiger partial charge < -0.3 is 9.73 Å². The lowest BCUT2D eigenvalue weighted by Crippen LogP contribution is -2.13. The van der Waals surface area contributed by atoms with E-state index in [4.69, 9.17) is 4.42 Å². The van der Waals surface area contributed by atoms with Crippen molar-refractivity contribution < 1.29 is 22.4 Å². The van der Waals surface area contributed by atoms with Gasteiger partial charge in [-0.1, -0.05) is 44.5 Å². The van der Waals surface area contributed by atoms with Crippen molar-refractivity contribution in [3.63, 3.8) is 0 Å². The second-order valence-electron chi connectivity index (χ2n) is 8.00. The predicted molar refractivity (Wildman–Crippen MR) is 143 cm³/mol. The summed E-state index contributed by atoms with van der Waals surface area (Å²) in [4.78, 5) is 22.4. The van der Waals surface area contributed by atoms with Gasteiger partial charge in [-0.2, -0.15) is 13.2 Å². The smallest absolute Gasteiger partial charge is 0.420 e. The highest BCUT2D eigenvalue weighted by atomic mass is 32.2. The molecule has 2 aromatic heterocycles. The van der Waals surface area contributed by atoms with Gasteiger partial charge in [-0.25, -0.2) is 9.97 Å². The third-order valence-corrected chi connectivity index (χ3v) is 7.84. The number of carbonyl (C=O) groups is 1. The molecule has 0 spiro atoms. The SMILES string of the molecule is CCSc1cc(C)nc(SCC)c1NC(=O)CCCCCCSc1nc2cccc(C(F)(F)F)c2o1. The number of fused-ring (bicyclic) bond motifs is 1. The van der Waals surface area contributed by atoms with Crippen molar-refractivity contribution in [2.45, 2.75) is 74.2 Å². The van der Waals surface area contributed by atoms with Gasteiger partial charge in [0.1, 0.15) is 16.1 Å². The summed E-state index contributed by atoms with van der Waals surface area (Å²) in [6, 6.07) is 5.87. The van der Waals surface area contributed by atoms with Crippen LogP contribution in [0.1, 0.15) is 57.2 Å². The Morgan fingerprint density at radius 2 is 1.78 bits per heavy atom. The Morgan fingerprint density at radius 3 is 2.50 bits per heavy atom. The number of alkyl halides is 3. The summed E-state index contributed by atoms with van der Waals surface area (Å²) >= 11 is 4.63. The molecule has 0 atom stereocenters. The summed E-state index contributed by atoms with van der Waals surface area (Å²) in [5, 5.41) is 4.19. The first-order valence-electron chi connectivity index (χ1n) is 11.9. The molecule has 1 aromatic carbocycles. The van der Waals surface area contributed by atoms with Crippen LogP contribution < -0.4 is 5.32 Å². The van der Waals surface area contributed by atoms with Crippen LogP contribution in [-0.4, -0.2) is 33.1 Å². The van der Waals surface area contributed by atoms with Gasteiger partial charge in [-0.15, -0.1) is 23.5 Å². The molecule has 2 heterocycles. The summed E-state index contributed by atoms with van der Waals surface area (Å²) < 4.78 is 44.8. The lowest BCUT2D eigenvalue weighted by atomic mass is 10.1. The Morgan fingerprint density at radius 1 is 1.03 bits per heavy atom. The summed E-state index contributed by atoms with van der Waals surface area (Å²) in [7, 11) is 0. The molecule has 0 fully saturated rings. The molecular formula is C25H30F3N3O2S3. The van der Waals surface area contributed by atoms with Crippen molar-refractivity contribution in [3.8, 4) is 0 Å². The Hall–Kier alpha value is -1.85. The number of amides is 1. The predicted octanol–water partition coefficient (Wildman–Crippen LogP) is 8.46. The highest BCUT2D eigenvalue weighted by molar-refractivity contribution is 8.00. The summed E-state index contributed by atoms with van der Waals surface area (Å²) in [6.45, 7) is 6.11. The van der Waals surface area contributed by atoms with E-state index < -0.39 is 11.7 Å². The van der Waals surface area contributed by atoms with Crippen molar-refractivity contribution in [2.75, 3.05) is 22.6 Å². The number of para-hydroxylation sites is 1. The second-order valence-corrected chi connectivity index (χ2v) is 11.6. The zero-order chi connectivity index (χ0) is 26.1. The summed E-state index contributed by atoms with van der Waals surface area (Å²) in [6.07, 6.45) is -0.629. The molecule has 36 heavy (non-hydrogen) atoms. The van der Waals surface area contributed by atoms with Crippen LogP contribution in [0.5, 0.6) is 0 Å². The first-order valence-corrected chi connectivity index (χ1v) is 14.8. The number of rotatable bonds is 13. The molecule has 5 nitrogen and oxygen atoms in total. The molecule has 0 aliphatic carbocycles. The molecule has 0 saturated carbocycles. The maximum Gasteiger partial charge on any atom is 0.420 e. The number of unbranched alkanes of at least 4 members (excludes halogenated alkanes) is 3. The topological polar surface area (TPSA) is 68.0 Å². The zero-order valence-electron chi connectivity index (χ0n) is 20.5. The number of carbonyl (C=O) groups excluding carboxylic acids is 1. The van der Waals surface area contributed by atoms with E-state index in [1.54, 1.807) is 23.5 Å². The van der Waals surface area contributed by atoms with Gasteiger partial charge in [-0.3, -0.25) is 4.79 Å². The Bertz CT molecular complexity index is 1140. The maximum atomic E-state index is 13.1. The molecule has 1 N–H and O–H groups in total. The fourth-order valence-electron chi connectivity index (χ4n) is 3.56. The zero-order valence-corrected chi connectivity index (χ0v) is 23.0. The molecule has 0 radical (unpaired) electrons. The van der Waals surface area contributed by atoms with Crippen LogP contribution in [-0.2, 0) is 11.0 Å². The molecule has 0 aliphatic heterocycles. The van der Waals surface area contributed by atoms with Crippen LogP contribution in [0.25, 0.3) is 11.1 Å². The number of oxazole rings is 1. The van der Waals surface area contributed by atoms with E-state index in [1.807, 2.05) is 13.0 Å². The standard InChI is InChI=1S/C25H30F3N3O2S3/c1-4-34-19-15-16(3)29-23(35-5-2)21(19)31-20(32)13-8-6-7-9-14-36-24-30-18-12-10-11-17(22(18)33-24)25(26,27)28/h10-12,15H,4-9,13-14H2,1-3H3,(H,31,32). The third-order valence-electron chi connectivity index (χ3n) is 5.15. The van der Waals surface area contributed by atoms with E-state index in [9.17, 15) is 18.0 Å². The molecule has 196 valence electrons. The van der Waals surface area contributed by atoms with Crippen molar-refractivity contribution >= 4 is 58.0 Å². The van der Waals surface area contributed by atoms with Gasteiger partial charge >= 0.3 is 6.18 Å². The normalized spacial score (nSPS) is 11.8. The Kier molecular flexibility index (Phi) is 10.9. The van der Waals surface area contributed by atoms with Gasteiger partial charge in [0, 0.05) is 22.8 Å². The van der Waals surface area contributed by atoms with Crippen molar-refractivity contribution in [1.29, 1.82) is 0 Å². The maximum absolute atomic E-state index is 13.1. The number of halogens is 3. The summed E-state index contributed by atoms with van der Waals surface area (Å²) in [5.41, 5.74) is 0.940. The van der Waals surface area contributed by atoms with E-state index in [0.717, 1.165) is 64.6 Å². The third kappa shape index (κ3) is 8.08. The van der Waals surface area contributed by atoms with Crippen LogP contribution >= 0.6 is 35.3 Å².